The van der Waals surface area contributed by atoms with Crippen LogP contribution in [0.15, 0.2) is 55.0 Å². The largest absolute Gasteiger partial charge is 0.490 e. The zero-order valence-corrected chi connectivity index (χ0v) is 17.6. The molecule has 0 fully saturated rings. The highest BCUT2D eigenvalue weighted by atomic mass is 16.5. The van der Waals surface area contributed by atoms with Crippen molar-refractivity contribution in [3.05, 3.63) is 66.2 Å². The summed E-state index contributed by atoms with van der Waals surface area (Å²) in [6.45, 7) is 7.57. The monoisotopic (exact) mass is 409 g/mol. The van der Waals surface area contributed by atoms with Crippen molar-refractivity contribution < 1.29 is 19.0 Å². The number of carbonyl (C=O) groups is 1. The summed E-state index contributed by atoms with van der Waals surface area (Å²) in [6, 6.07) is 11.1. The van der Waals surface area contributed by atoms with Gasteiger partial charge in [-0.05, 0) is 62.7 Å². The van der Waals surface area contributed by atoms with E-state index in [4.69, 9.17) is 14.2 Å². The van der Waals surface area contributed by atoms with Crippen LogP contribution < -0.4 is 19.5 Å². The molecule has 0 aliphatic rings. The summed E-state index contributed by atoms with van der Waals surface area (Å²) >= 11 is 0. The van der Waals surface area contributed by atoms with E-state index in [1.165, 1.54) is 0 Å². The molecule has 2 aromatic heterocycles. The Morgan fingerprint density at radius 2 is 1.70 bits per heavy atom. The molecule has 3 rings (SSSR count). The van der Waals surface area contributed by atoms with Crippen molar-refractivity contribution in [2.24, 2.45) is 0 Å². The van der Waals surface area contributed by atoms with Crippen LogP contribution in [0, 0.1) is 0 Å². The van der Waals surface area contributed by atoms with Crippen molar-refractivity contribution in [1.29, 1.82) is 0 Å². The van der Waals surface area contributed by atoms with Crippen molar-refractivity contribution in [3.8, 4) is 22.9 Å². The highest BCUT2D eigenvalue weighted by Gasteiger charge is 2.17. The minimum atomic E-state index is -0.186. The minimum absolute atomic E-state index is 0.186. The Kier molecular flexibility index (Phi) is 7.32. The number of nitrogens with one attached hydrogen (secondary N) is 1. The van der Waals surface area contributed by atoms with Crippen LogP contribution in [0.25, 0.3) is 5.69 Å². The number of aromatic nitrogens is 2. The molecule has 0 aliphatic carbocycles. The summed E-state index contributed by atoms with van der Waals surface area (Å²) in [5.74, 6) is 1.61. The summed E-state index contributed by atoms with van der Waals surface area (Å²) < 4.78 is 19.0. The maximum atomic E-state index is 12.8. The zero-order chi connectivity index (χ0) is 21.3. The van der Waals surface area contributed by atoms with E-state index in [0.29, 0.717) is 49.3 Å². The Morgan fingerprint density at radius 1 is 1.00 bits per heavy atom. The number of amides is 1. The molecule has 1 aromatic carbocycles. The SMILES string of the molecule is CCOc1cc(CNC(=O)c2cccn2-c2cccnc2)cc(OCC)c1OCC. The first-order valence-electron chi connectivity index (χ1n) is 10.1. The number of rotatable bonds is 10. The van der Waals surface area contributed by atoms with Crippen molar-refractivity contribution in [1.82, 2.24) is 14.9 Å². The Bertz CT molecular complexity index is 943. The second-order valence-electron chi connectivity index (χ2n) is 6.38. The highest BCUT2D eigenvalue weighted by molar-refractivity contribution is 5.93. The Balaban J connectivity index is 1.80. The summed E-state index contributed by atoms with van der Waals surface area (Å²) in [4.78, 5) is 16.9. The van der Waals surface area contributed by atoms with E-state index < -0.39 is 0 Å². The number of pyridine rings is 1. The first-order chi connectivity index (χ1) is 14.7. The number of ether oxygens (including phenoxy) is 3. The van der Waals surface area contributed by atoms with Gasteiger partial charge in [-0.1, -0.05) is 0 Å². The molecule has 30 heavy (non-hydrogen) atoms. The summed E-state index contributed by atoms with van der Waals surface area (Å²) in [7, 11) is 0. The second kappa shape index (κ2) is 10.3. The van der Waals surface area contributed by atoms with Gasteiger partial charge in [0.05, 0.1) is 31.7 Å². The summed E-state index contributed by atoms with van der Waals surface area (Å²) in [5.41, 5.74) is 2.22. The van der Waals surface area contributed by atoms with Gasteiger partial charge in [0.1, 0.15) is 5.69 Å². The fourth-order valence-corrected chi connectivity index (χ4v) is 3.11. The van der Waals surface area contributed by atoms with Gasteiger partial charge in [-0.15, -0.1) is 0 Å². The van der Waals surface area contributed by atoms with Gasteiger partial charge in [0.2, 0.25) is 5.75 Å². The van der Waals surface area contributed by atoms with Crippen LogP contribution in [0.4, 0.5) is 0 Å². The maximum absolute atomic E-state index is 12.8. The third-order valence-corrected chi connectivity index (χ3v) is 4.33. The van der Waals surface area contributed by atoms with Gasteiger partial charge in [-0.25, -0.2) is 0 Å². The van der Waals surface area contributed by atoms with E-state index in [2.05, 4.69) is 10.3 Å². The van der Waals surface area contributed by atoms with Crippen LogP contribution in [-0.2, 0) is 6.54 Å². The Morgan fingerprint density at radius 3 is 2.30 bits per heavy atom. The van der Waals surface area contributed by atoms with Crippen LogP contribution in [0.5, 0.6) is 17.2 Å². The fourth-order valence-electron chi connectivity index (χ4n) is 3.11. The number of benzene rings is 1. The first-order valence-corrected chi connectivity index (χ1v) is 10.1. The molecule has 0 atom stereocenters. The molecule has 1 N–H and O–H groups in total. The van der Waals surface area contributed by atoms with E-state index in [0.717, 1.165) is 11.3 Å². The maximum Gasteiger partial charge on any atom is 0.268 e. The summed E-state index contributed by atoms with van der Waals surface area (Å²) in [6.07, 6.45) is 5.25. The van der Waals surface area contributed by atoms with Gasteiger partial charge < -0.3 is 24.1 Å². The minimum Gasteiger partial charge on any atom is -0.490 e. The Hall–Kier alpha value is -3.48. The standard InChI is InChI=1S/C23H27N3O4/c1-4-28-20-13-17(14-21(29-5-2)22(20)30-6-3)15-25-23(27)19-10-8-12-26(19)18-9-7-11-24-16-18/h7-14,16H,4-6,15H2,1-3H3,(H,25,27). The van der Waals surface area contributed by atoms with Gasteiger partial charge in [-0.3, -0.25) is 9.78 Å². The lowest BCUT2D eigenvalue weighted by atomic mass is 10.1. The molecule has 3 aromatic rings. The molecule has 0 saturated carbocycles. The summed E-state index contributed by atoms with van der Waals surface area (Å²) in [5, 5.41) is 2.97. The molecule has 0 aliphatic heterocycles. The predicted octanol–water partition coefficient (Wildman–Crippen LogP) is 4.00. The molecule has 1 amide bonds. The quantitative estimate of drug-likeness (QED) is 0.548. The fraction of sp³-hybridized carbons (Fsp3) is 0.304. The molecule has 0 saturated heterocycles. The average Bonchev–Trinajstić information content (AvgIpc) is 3.25. The third-order valence-electron chi connectivity index (χ3n) is 4.33. The lowest BCUT2D eigenvalue weighted by Gasteiger charge is -2.17. The molecule has 0 radical (unpaired) electrons. The van der Waals surface area contributed by atoms with Crippen LogP contribution in [-0.4, -0.2) is 35.3 Å². The smallest absolute Gasteiger partial charge is 0.268 e. The molecule has 0 bridgehead atoms. The molecule has 0 spiro atoms. The average molecular weight is 409 g/mol. The lowest BCUT2D eigenvalue weighted by Crippen LogP contribution is -2.25. The van der Waals surface area contributed by atoms with Crippen LogP contribution in [0.1, 0.15) is 36.8 Å². The van der Waals surface area contributed by atoms with Crippen molar-refractivity contribution in [2.75, 3.05) is 19.8 Å². The van der Waals surface area contributed by atoms with E-state index in [1.54, 1.807) is 23.0 Å². The third kappa shape index (κ3) is 4.92. The van der Waals surface area contributed by atoms with Gasteiger partial charge in [0.25, 0.3) is 5.91 Å². The van der Waals surface area contributed by atoms with Crippen LogP contribution >= 0.6 is 0 Å². The van der Waals surface area contributed by atoms with E-state index >= 15 is 0 Å². The van der Waals surface area contributed by atoms with Gasteiger partial charge in [0, 0.05) is 18.9 Å². The number of carbonyl (C=O) groups excluding carboxylic acids is 1. The predicted molar refractivity (Wildman–Crippen MR) is 115 cm³/mol. The molecule has 2 heterocycles. The van der Waals surface area contributed by atoms with Crippen molar-refractivity contribution >= 4 is 5.91 Å². The van der Waals surface area contributed by atoms with Gasteiger partial charge in [-0.2, -0.15) is 0 Å². The molecule has 7 heteroatoms. The Labute approximate surface area is 176 Å². The highest BCUT2D eigenvalue weighted by Crippen LogP contribution is 2.39. The normalized spacial score (nSPS) is 10.5. The zero-order valence-electron chi connectivity index (χ0n) is 17.6. The van der Waals surface area contributed by atoms with Crippen molar-refractivity contribution in [2.45, 2.75) is 27.3 Å². The van der Waals surface area contributed by atoms with E-state index in [1.807, 2.05) is 57.3 Å². The van der Waals surface area contributed by atoms with E-state index in [9.17, 15) is 4.79 Å². The molecular weight excluding hydrogens is 382 g/mol. The van der Waals surface area contributed by atoms with E-state index in [-0.39, 0.29) is 5.91 Å². The first kappa shape index (κ1) is 21.2. The van der Waals surface area contributed by atoms with Crippen molar-refractivity contribution in [3.63, 3.8) is 0 Å². The van der Waals surface area contributed by atoms with Gasteiger partial charge >= 0.3 is 0 Å². The second-order valence-corrected chi connectivity index (χ2v) is 6.38. The van der Waals surface area contributed by atoms with Crippen LogP contribution in [0.2, 0.25) is 0 Å². The topological polar surface area (TPSA) is 74.6 Å². The number of nitrogens with zero attached hydrogens (tertiary/aromatic N) is 2. The molecular formula is C23H27N3O4. The van der Waals surface area contributed by atoms with Crippen LogP contribution in [0.3, 0.4) is 0 Å². The number of hydrogen-bond acceptors (Lipinski definition) is 5. The molecule has 0 unspecified atom stereocenters. The van der Waals surface area contributed by atoms with Gasteiger partial charge in [0.15, 0.2) is 11.5 Å². The number of hydrogen-bond donors (Lipinski definition) is 1. The molecule has 7 nitrogen and oxygen atoms in total. The molecule has 158 valence electrons. The lowest BCUT2D eigenvalue weighted by molar-refractivity contribution is 0.0944.